The van der Waals surface area contributed by atoms with E-state index < -0.39 is 0 Å². The van der Waals surface area contributed by atoms with Crippen molar-refractivity contribution in [2.75, 3.05) is 12.8 Å². The molecule has 0 radical (unpaired) electrons. The van der Waals surface area contributed by atoms with Crippen LogP contribution >= 0.6 is 11.8 Å². The van der Waals surface area contributed by atoms with Crippen LogP contribution in [0.25, 0.3) is 0 Å². The van der Waals surface area contributed by atoms with Crippen LogP contribution in [0.4, 0.5) is 0 Å². The van der Waals surface area contributed by atoms with Crippen molar-refractivity contribution in [1.82, 2.24) is 10.3 Å². The van der Waals surface area contributed by atoms with Gasteiger partial charge in [-0.05, 0) is 38.3 Å². The first-order chi connectivity index (χ1) is 6.33. The predicted octanol–water partition coefficient (Wildman–Crippen LogP) is 2.17. The minimum absolute atomic E-state index is 0.606. The van der Waals surface area contributed by atoms with Crippen molar-refractivity contribution in [1.29, 1.82) is 0 Å². The lowest BCUT2D eigenvalue weighted by Gasteiger charge is -2.08. The molecule has 0 aliphatic rings. The van der Waals surface area contributed by atoms with Crippen molar-refractivity contribution in [3.63, 3.8) is 0 Å². The molecule has 72 valence electrons. The van der Waals surface area contributed by atoms with Crippen molar-refractivity contribution >= 4 is 11.8 Å². The molecule has 0 aliphatic heterocycles. The lowest BCUT2D eigenvalue weighted by molar-refractivity contribution is 0.598. The molecular weight excluding hydrogens is 180 g/mol. The molecule has 0 saturated carbocycles. The molecule has 0 aliphatic carbocycles. The summed E-state index contributed by atoms with van der Waals surface area (Å²) in [6, 6.07) is 4.71. The first-order valence-corrected chi connectivity index (χ1v) is 5.51. The molecule has 1 atom stereocenters. The Kier molecular flexibility index (Phi) is 4.86. The maximum Gasteiger partial charge on any atom is 0.0278 e. The van der Waals surface area contributed by atoms with Crippen LogP contribution in [0.15, 0.2) is 29.4 Å². The van der Waals surface area contributed by atoms with Crippen molar-refractivity contribution in [3.05, 3.63) is 24.5 Å². The van der Waals surface area contributed by atoms with Crippen LogP contribution in [0, 0.1) is 0 Å². The summed E-state index contributed by atoms with van der Waals surface area (Å²) in [6.45, 7) is 2.20. The molecule has 0 spiro atoms. The highest BCUT2D eigenvalue weighted by molar-refractivity contribution is 7.99. The van der Waals surface area contributed by atoms with E-state index in [4.69, 9.17) is 0 Å². The molecular formula is C10H16N2S. The second-order valence-electron chi connectivity index (χ2n) is 3.01. The van der Waals surface area contributed by atoms with Gasteiger partial charge in [0.05, 0.1) is 0 Å². The maximum absolute atomic E-state index is 3.98. The van der Waals surface area contributed by atoms with Gasteiger partial charge in [-0.1, -0.05) is 0 Å². The van der Waals surface area contributed by atoms with Crippen molar-refractivity contribution in [2.24, 2.45) is 0 Å². The Labute approximate surface area is 84.1 Å². The molecule has 0 saturated heterocycles. The van der Waals surface area contributed by atoms with Crippen LogP contribution in [-0.4, -0.2) is 23.8 Å². The Morgan fingerprint density at radius 2 is 2.15 bits per heavy atom. The zero-order valence-electron chi connectivity index (χ0n) is 8.16. The number of nitrogens with one attached hydrogen (secondary N) is 1. The minimum atomic E-state index is 0.606. The van der Waals surface area contributed by atoms with Crippen molar-refractivity contribution < 1.29 is 0 Å². The van der Waals surface area contributed by atoms with Gasteiger partial charge in [0.15, 0.2) is 0 Å². The van der Waals surface area contributed by atoms with Gasteiger partial charge in [0.25, 0.3) is 0 Å². The van der Waals surface area contributed by atoms with Crippen molar-refractivity contribution in [2.45, 2.75) is 24.3 Å². The third-order valence-electron chi connectivity index (χ3n) is 1.96. The molecule has 0 aromatic carbocycles. The zero-order chi connectivity index (χ0) is 9.52. The molecule has 1 rings (SSSR count). The minimum Gasteiger partial charge on any atom is -0.317 e. The maximum atomic E-state index is 3.98. The van der Waals surface area contributed by atoms with Crippen LogP contribution in [0.3, 0.4) is 0 Å². The van der Waals surface area contributed by atoms with E-state index in [9.17, 15) is 0 Å². The molecule has 2 nitrogen and oxygen atoms in total. The van der Waals surface area contributed by atoms with E-state index in [1.807, 2.05) is 31.2 Å². The smallest absolute Gasteiger partial charge is 0.0278 e. The summed E-state index contributed by atoms with van der Waals surface area (Å²) >= 11 is 1.88. The Morgan fingerprint density at radius 1 is 1.46 bits per heavy atom. The number of hydrogen-bond donors (Lipinski definition) is 1. The molecule has 0 amide bonds. The van der Waals surface area contributed by atoms with E-state index >= 15 is 0 Å². The van der Waals surface area contributed by atoms with Gasteiger partial charge >= 0.3 is 0 Å². The molecule has 1 unspecified atom stereocenters. The topological polar surface area (TPSA) is 24.9 Å². The number of aromatic nitrogens is 1. The largest absolute Gasteiger partial charge is 0.317 e. The molecule has 0 bridgehead atoms. The Morgan fingerprint density at radius 3 is 2.77 bits per heavy atom. The third-order valence-corrected chi connectivity index (χ3v) is 3.01. The van der Waals surface area contributed by atoms with Gasteiger partial charge in [0.2, 0.25) is 0 Å². The average molecular weight is 196 g/mol. The van der Waals surface area contributed by atoms with E-state index in [1.165, 1.54) is 11.3 Å². The SMILES string of the molecule is CNC(C)CCSc1ccncc1. The lowest BCUT2D eigenvalue weighted by atomic mass is 10.3. The fourth-order valence-electron chi connectivity index (χ4n) is 0.932. The van der Waals surface area contributed by atoms with Gasteiger partial charge in [-0.25, -0.2) is 0 Å². The fourth-order valence-corrected chi connectivity index (χ4v) is 1.95. The first-order valence-electron chi connectivity index (χ1n) is 4.53. The van der Waals surface area contributed by atoms with E-state index in [-0.39, 0.29) is 0 Å². The Hall–Kier alpha value is -0.540. The molecule has 13 heavy (non-hydrogen) atoms. The summed E-state index contributed by atoms with van der Waals surface area (Å²) in [7, 11) is 2.00. The highest BCUT2D eigenvalue weighted by atomic mass is 32.2. The van der Waals surface area contributed by atoms with Gasteiger partial charge < -0.3 is 5.32 Å². The van der Waals surface area contributed by atoms with Crippen LogP contribution in [-0.2, 0) is 0 Å². The number of rotatable bonds is 5. The zero-order valence-corrected chi connectivity index (χ0v) is 8.97. The fraction of sp³-hybridized carbons (Fsp3) is 0.500. The van der Waals surface area contributed by atoms with Gasteiger partial charge in [-0.15, -0.1) is 11.8 Å². The second-order valence-corrected chi connectivity index (χ2v) is 4.18. The summed E-state index contributed by atoms with van der Waals surface area (Å²) in [6.07, 6.45) is 4.87. The van der Waals surface area contributed by atoms with Gasteiger partial charge in [0, 0.05) is 23.3 Å². The average Bonchev–Trinajstić information content (AvgIpc) is 2.19. The van der Waals surface area contributed by atoms with E-state index in [0.29, 0.717) is 6.04 Å². The normalized spacial score (nSPS) is 12.8. The Balaban J connectivity index is 2.20. The van der Waals surface area contributed by atoms with E-state index in [1.54, 1.807) is 0 Å². The van der Waals surface area contributed by atoms with Crippen LogP contribution in [0.5, 0.6) is 0 Å². The summed E-state index contributed by atoms with van der Waals surface area (Å²) in [5.74, 6) is 1.16. The van der Waals surface area contributed by atoms with Crippen LogP contribution < -0.4 is 5.32 Å². The van der Waals surface area contributed by atoms with Crippen LogP contribution in [0.1, 0.15) is 13.3 Å². The first kappa shape index (κ1) is 10.5. The van der Waals surface area contributed by atoms with Crippen LogP contribution in [0.2, 0.25) is 0 Å². The molecule has 3 heteroatoms. The van der Waals surface area contributed by atoms with Gasteiger partial charge in [-0.3, -0.25) is 4.98 Å². The molecule has 1 aromatic heterocycles. The summed E-state index contributed by atoms with van der Waals surface area (Å²) < 4.78 is 0. The molecule has 1 heterocycles. The molecule has 0 fully saturated rings. The van der Waals surface area contributed by atoms with Gasteiger partial charge in [-0.2, -0.15) is 0 Å². The summed E-state index contributed by atoms with van der Waals surface area (Å²) in [5.41, 5.74) is 0. The number of nitrogens with zero attached hydrogens (tertiary/aromatic N) is 1. The molecule has 1 aromatic rings. The number of thioether (sulfide) groups is 1. The predicted molar refractivity (Wildman–Crippen MR) is 58.1 cm³/mol. The molecule has 1 N–H and O–H groups in total. The monoisotopic (exact) mass is 196 g/mol. The second kappa shape index (κ2) is 6.00. The van der Waals surface area contributed by atoms with E-state index in [0.717, 1.165) is 5.75 Å². The Bertz CT molecular complexity index is 226. The van der Waals surface area contributed by atoms with E-state index in [2.05, 4.69) is 29.4 Å². The number of hydrogen-bond acceptors (Lipinski definition) is 3. The quantitative estimate of drug-likeness (QED) is 0.731. The number of pyridine rings is 1. The van der Waals surface area contributed by atoms with Crippen molar-refractivity contribution in [3.8, 4) is 0 Å². The summed E-state index contributed by atoms with van der Waals surface area (Å²) in [4.78, 5) is 5.28. The summed E-state index contributed by atoms with van der Waals surface area (Å²) in [5, 5.41) is 3.23. The van der Waals surface area contributed by atoms with Gasteiger partial charge in [0.1, 0.15) is 0 Å². The lowest BCUT2D eigenvalue weighted by Crippen LogP contribution is -2.21. The highest BCUT2D eigenvalue weighted by Crippen LogP contribution is 2.17. The standard InChI is InChI=1S/C10H16N2S/c1-9(11-2)5-8-13-10-3-6-12-7-4-10/h3-4,6-7,9,11H,5,8H2,1-2H3. The third kappa shape index (κ3) is 4.29. The highest BCUT2D eigenvalue weighted by Gasteiger charge is 1.98.